The van der Waals surface area contributed by atoms with Crippen molar-refractivity contribution in [3.05, 3.63) is 35.4 Å². The largest absolute Gasteiger partial charge is 0.345 e. The number of nitrogens with zero attached hydrogens (tertiary/aromatic N) is 2. The summed E-state index contributed by atoms with van der Waals surface area (Å²) in [7, 11) is 3.41. The van der Waals surface area contributed by atoms with Crippen molar-refractivity contribution in [1.82, 2.24) is 15.1 Å². The Balaban J connectivity index is 0.00000220. The highest BCUT2D eigenvalue weighted by Crippen LogP contribution is 2.13. The highest BCUT2D eigenvalue weighted by molar-refractivity contribution is 5.99. The van der Waals surface area contributed by atoms with Crippen molar-refractivity contribution in [2.45, 2.75) is 13.0 Å². The van der Waals surface area contributed by atoms with Crippen LogP contribution in [-0.4, -0.2) is 61.4 Å². The van der Waals surface area contributed by atoms with Crippen LogP contribution >= 0.6 is 12.4 Å². The smallest absolute Gasteiger partial charge is 0.254 e. The summed E-state index contributed by atoms with van der Waals surface area (Å²) in [5, 5.41) is 3.26. The SMILES string of the molecule is C[C@H]1CNCCN1C(=O)c1cccc(C(=O)N(C)C)c1.Cl. The zero-order chi connectivity index (χ0) is 14.7. The Morgan fingerprint density at radius 2 is 1.95 bits per heavy atom. The van der Waals surface area contributed by atoms with Gasteiger partial charge in [0.2, 0.25) is 0 Å². The lowest BCUT2D eigenvalue weighted by Gasteiger charge is -2.34. The summed E-state index contributed by atoms with van der Waals surface area (Å²) in [5.41, 5.74) is 1.12. The molecule has 1 atom stereocenters. The molecule has 1 aliphatic rings. The fourth-order valence-corrected chi connectivity index (χ4v) is 2.35. The molecule has 1 saturated heterocycles. The topological polar surface area (TPSA) is 52.7 Å². The van der Waals surface area contributed by atoms with Crippen molar-refractivity contribution >= 4 is 24.2 Å². The number of hydrogen-bond donors (Lipinski definition) is 1. The van der Waals surface area contributed by atoms with Crippen LogP contribution in [0.3, 0.4) is 0 Å². The Hall–Kier alpha value is -1.59. The lowest BCUT2D eigenvalue weighted by Crippen LogP contribution is -2.52. The molecule has 0 spiro atoms. The van der Waals surface area contributed by atoms with E-state index in [1.807, 2.05) is 11.8 Å². The van der Waals surface area contributed by atoms with Crippen molar-refractivity contribution in [3.63, 3.8) is 0 Å². The maximum Gasteiger partial charge on any atom is 0.254 e. The van der Waals surface area contributed by atoms with Gasteiger partial charge < -0.3 is 15.1 Å². The van der Waals surface area contributed by atoms with E-state index in [2.05, 4.69) is 5.32 Å². The minimum atomic E-state index is -0.0898. The van der Waals surface area contributed by atoms with Crippen LogP contribution in [-0.2, 0) is 0 Å². The molecule has 1 fully saturated rings. The van der Waals surface area contributed by atoms with E-state index in [0.717, 1.165) is 13.1 Å². The standard InChI is InChI=1S/C15H21N3O2.ClH/c1-11-10-16-7-8-18(11)15(20)13-6-4-5-12(9-13)14(19)17(2)3;/h4-6,9,11,16H,7-8,10H2,1-3H3;1H/t11-;/m0./s1. The van der Waals surface area contributed by atoms with E-state index in [9.17, 15) is 9.59 Å². The average molecular weight is 312 g/mol. The summed E-state index contributed by atoms with van der Waals surface area (Å²) in [6.07, 6.45) is 0. The Bertz CT molecular complexity index is 519. The zero-order valence-corrected chi connectivity index (χ0v) is 13.4. The second kappa shape index (κ2) is 7.43. The van der Waals surface area contributed by atoms with Gasteiger partial charge in [-0.05, 0) is 25.1 Å². The maximum absolute atomic E-state index is 12.5. The van der Waals surface area contributed by atoms with Gasteiger partial charge in [-0.15, -0.1) is 12.4 Å². The Morgan fingerprint density at radius 1 is 1.29 bits per heavy atom. The third-order valence-corrected chi connectivity index (χ3v) is 3.52. The van der Waals surface area contributed by atoms with Crippen LogP contribution in [0.25, 0.3) is 0 Å². The van der Waals surface area contributed by atoms with Crippen molar-refractivity contribution in [1.29, 1.82) is 0 Å². The monoisotopic (exact) mass is 311 g/mol. The van der Waals surface area contributed by atoms with Crippen molar-refractivity contribution in [2.24, 2.45) is 0 Å². The van der Waals surface area contributed by atoms with E-state index in [-0.39, 0.29) is 30.3 Å². The first-order valence-electron chi connectivity index (χ1n) is 6.84. The van der Waals surface area contributed by atoms with Gasteiger partial charge in [0.05, 0.1) is 0 Å². The molecule has 6 heteroatoms. The number of amides is 2. The molecule has 0 unspecified atom stereocenters. The van der Waals surface area contributed by atoms with Gasteiger partial charge in [0.15, 0.2) is 0 Å². The van der Waals surface area contributed by atoms with Gasteiger partial charge in [-0.2, -0.15) is 0 Å². The summed E-state index contributed by atoms with van der Waals surface area (Å²) in [4.78, 5) is 27.8. The summed E-state index contributed by atoms with van der Waals surface area (Å²) >= 11 is 0. The predicted octanol–water partition coefficient (Wildman–Crippen LogP) is 1.24. The maximum atomic E-state index is 12.5. The molecule has 0 bridgehead atoms. The third kappa shape index (κ3) is 3.95. The quantitative estimate of drug-likeness (QED) is 0.894. The van der Waals surface area contributed by atoms with Crippen molar-refractivity contribution < 1.29 is 9.59 Å². The number of halogens is 1. The number of benzene rings is 1. The van der Waals surface area contributed by atoms with Crippen LogP contribution in [0.2, 0.25) is 0 Å². The lowest BCUT2D eigenvalue weighted by atomic mass is 10.1. The van der Waals surface area contributed by atoms with Gasteiger partial charge >= 0.3 is 0 Å². The molecule has 116 valence electrons. The molecule has 0 saturated carbocycles. The number of nitrogens with one attached hydrogen (secondary N) is 1. The van der Waals surface area contributed by atoms with Crippen LogP contribution in [0, 0.1) is 0 Å². The van der Waals surface area contributed by atoms with E-state index in [1.54, 1.807) is 38.4 Å². The molecule has 1 aromatic rings. The summed E-state index contributed by atoms with van der Waals surface area (Å²) in [5.74, 6) is -0.0968. The fraction of sp³-hybridized carbons (Fsp3) is 0.467. The van der Waals surface area contributed by atoms with Gasteiger partial charge in [0.25, 0.3) is 11.8 Å². The van der Waals surface area contributed by atoms with Gasteiger partial charge in [-0.3, -0.25) is 9.59 Å². The summed E-state index contributed by atoms with van der Waals surface area (Å²) < 4.78 is 0. The molecule has 1 heterocycles. The lowest BCUT2D eigenvalue weighted by molar-refractivity contribution is 0.0655. The minimum absolute atomic E-state index is 0. The molecule has 1 aliphatic heterocycles. The molecular weight excluding hydrogens is 290 g/mol. The first-order chi connectivity index (χ1) is 9.50. The minimum Gasteiger partial charge on any atom is -0.345 e. The van der Waals surface area contributed by atoms with Crippen LogP contribution in [0.4, 0.5) is 0 Å². The number of carbonyl (C=O) groups excluding carboxylic acids is 2. The van der Waals surface area contributed by atoms with Crippen LogP contribution in [0.1, 0.15) is 27.6 Å². The van der Waals surface area contributed by atoms with Gasteiger partial charge in [0, 0.05) is 50.9 Å². The van der Waals surface area contributed by atoms with Crippen LogP contribution < -0.4 is 5.32 Å². The van der Waals surface area contributed by atoms with Gasteiger partial charge in [-0.25, -0.2) is 0 Å². The Kier molecular flexibility index (Phi) is 6.18. The van der Waals surface area contributed by atoms with E-state index in [4.69, 9.17) is 0 Å². The van der Waals surface area contributed by atoms with Gasteiger partial charge in [0.1, 0.15) is 0 Å². The van der Waals surface area contributed by atoms with Gasteiger partial charge in [-0.1, -0.05) is 6.07 Å². The van der Waals surface area contributed by atoms with E-state index in [1.165, 1.54) is 4.90 Å². The number of carbonyl (C=O) groups is 2. The molecule has 5 nitrogen and oxygen atoms in total. The number of piperazine rings is 1. The molecule has 2 rings (SSSR count). The predicted molar refractivity (Wildman–Crippen MR) is 85.1 cm³/mol. The Labute approximate surface area is 131 Å². The second-order valence-electron chi connectivity index (χ2n) is 5.33. The Morgan fingerprint density at radius 3 is 2.57 bits per heavy atom. The zero-order valence-electron chi connectivity index (χ0n) is 12.6. The molecule has 1 N–H and O–H groups in total. The first kappa shape index (κ1) is 17.5. The number of hydrogen-bond acceptors (Lipinski definition) is 3. The summed E-state index contributed by atoms with van der Waals surface area (Å²) in [6, 6.07) is 7.12. The van der Waals surface area contributed by atoms with E-state index in [0.29, 0.717) is 17.7 Å². The third-order valence-electron chi connectivity index (χ3n) is 3.52. The number of rotatable bonds is 2. The summed E-state index contributed by atoms with van der Waals surface area (Å²) in [6.45, 7) is 4.35. The molecular formula is C15H22ClN3O2. The molecule has 0 aromatic heterocycles. The van der Waals surface area contributed by atoms with E-state index >= 15 is 0 Å². The molecule has 0 aliphatic carbocycles. The molecule has 21 heavy (non-hydrogen) atoms. The molecule has 1 aromatic carbocycles. The first-order valence-corrected chi connectivity index (χ1v) is 6.84. The van der Waals surface area contributed by atoms with Crippen LogP contribution in [0.15, 0.2) is 24.3 Å². The van der Waals surface area contributed by atoms with Crippen molar-refractivity contribution in [2.75, 3.05) is 33.7 Å². The fourth-order valence-electron chi connectivity index (χ4n) is 2.35. The second-order valence-corrected chi connectivity index (χ2v) is 5.33. The highest BCUT2D eigenvalue weighted by Gasteiger charge is 2.24. The van der Waals surface area contributed by atoms with Crippen molar-refractivity contribution in [3.8, 4) is 0 Å². The molecule has 2 amide bonds. The van der Waals surface area contributed by atoms with Crippen LogP contribution in [0.5, 0.6) is 0 Å². The average Bonchev–Trinajstić information content (AvgIpc) is 2.46. The highest BCUT2D eigenvalue weighted by atomic mass is 35.5. The van der Waals surface area contributed by atoms with E-state index < -0.39 is 0 Å². The normalized spacial score (nSPS) is 17.9. The molecule has 0 radical (unpaired) electrons.